The lowest BCUT2D eigenvalue weighted by atomic mass is 10.2. The van der Waals surface area contributed by atoms with Crippen LogP contribution in [0.5, 0.6) is 0 Å². The van der Waals surface area contributed by atoms with Crippen LogP contribution in [0.1, 0.15) is 12.8 Å². The predicted octanol–water partition coefficient (Wildman–Crippen LogP) is 1.94. The van der Waals surface area contributed by atoms with E-state index in [4.69, 9.17) is 0 Å². The Bertz CT molecular complexity index is 396. The quantitative estimate of drug-likeness (QED) is 0.606. The number of nitrogens with one attached hydrogen (secondary N) is 1. The number of anilines is 1. The van der Waals surface area contributed by atoms with Gasteiger partial charge >= 0.3 is 0 Å². The minimum atomic E-state index is -0.466. The topological polar surface area (TPSA) is 72.2 Å². The van der Waals surface area contributed by atoms with Crippen molar-refractivity contribution >= 4 is 17.3 Å². The third kappa shape index (κ3) is 2.31. The van der Waals surface area contributed by atoms with Crippen molar-refractivity contribution in [2.45, 2.75) is 12.8 Å². The molecule has 78 valence electrons. The van der Waals surface area contributed by atoms with Gasteiger partial charge in [0.25, 0.3) is 5.69 Å². The van der Waals surface area contributed by atoms with Gasteiger partial charge in [-0.3, -0.25) is 14.9 Å². The number of carbonyl (C=O) groups excluding carboxylic acids is 1. The first-order chi connectivity index (χ1) is 7.16. The Kier molecular flexibility index (Phi) is 2.37. The molecule has 15 heavy (non-hydrogen) atoms. The number of nitro groups is 1. The van der Waals surface area contributed by atoms with Gasteiger partial charge in [0.2, 0.25) is 5.91 Å². The van der Waals surface area contributed by atoms with Crippen molar-refractivity contribution in [1.29, 1.82) is 0 Å². The molecule has 5 heteroatoms. The summed E-state index contributed by atoms with van der Waals surface area (Å²) < 4.78 is 0. The first-order valence-corrected chi connectivity index (χ1v) is 4.72. The SMILES string of the molecule is O=C(Nc1ccc([N+](=O)[O-])cc1)C1CC1. The fourth-order valence-electron chi connectivity index (χ4n) is 1.26. The van der Waals surface area contributed by atoms with Crippen molar-refractivity contribution in [3.05, 3.63) is 34.4 Å². The number of nitrogens with zero attached hydrogens (tertiary/aromatic N) is 1. The largest absolute Gasteiger partial charge is 0.326 e. The predicted molar refractivity (Wildman–Crippen MR) is 54.5 cm³/mol. The van der Waals surface area contributed by atoms with E-state index in [9.17, 15) is 14.9 Å². The summed E-state index contributed by atoms with van der Waals surface area (Å²) in [7, 11) is 0. The summed E-state index contributed by atoms with van der Waals surface area (Å²) in [4.78, 5) is 21.3. The molecule has 0 atom stereocenters. The van der Waals surface area contributed by atoms with Crippen molar-refractivity contribution in [2.75, 3.05) is 5.32 Å². The molecule has 0 saturated heterocycles. The molecule has 2 rings (SSSR count). The van der Waals surface area contributed by atoms with Crippen molar-refractivity contribution in [2.24, 2.45) is 5.92 Å². The Morgan fingerprint density at radius 2 is 1.93 bits per heavy atom. The summed E-state index contributed by atoms with van der Waals surface area (Å²) in [5.74, 6) is 0.143. The van der Waals surface area contributed by atoms with E-state index in [0.717, 1.165) is 12.8 Å². The van der Waals surface area contributed by atoms with Crippen LogP contribution in [0.2, 0.25) is 0 Å². The van der Waals surface area contributed by atoms with Crippen LogP contribution < -0.4 is 5.32 Å². The molecular formula is C10H10N2O3. The van der Waals surface area contributed by atoms with Gasteiger partial charge in [-0.1, -0.05) is 0 Å². The summed E-state index contributed by atoms with van der Waals surface area (Å²) in [5, 5.41) is 13.1. The molecule has 0 heterocycles. The van der Waals surface area contributed by atoms with Gasteiger partial charge in [0.15, 0.2) is 0 Å². The number of hydrogen-bond donors (Lipinski definition) is 1. The molecule has 5 nitrogen and oxygen atoms in total. The van der Waals surface area contributed by atoms with E-state index in [2.05, 4.69) is 5.32 Å². The lowest BCUT2D eigenvalue weighted by Gasteiger charge is -2.02. The summed E-state index contributed by atoms with van der Waals surface area (Å²) in [6.07, 6.45) is 1.89. The molecule has 1 aromatic rings. The molecule has 1 amide bonds. The lowest BCUT2D eigenvalue weighted by molar-refractivity contribution is -0.384. The molecule has 0 radical (unpaired) electrons. The first-order valence-electron chi connectivity index (χ1n) is 4.72. The van der Waals surface area contributed by atoms with E-state index in [1.165, 1.54) is 12.1 Å². The van der Waals surface area contributed by atoms with Crippen LogP contribution >= 0.6 is 0 Å². The normalized spacial score (nSPS) is 14.7. The fraction of sp³-hybridized carbons (Fsp3) is 0.300. The van der Waals surface area contributed by atoms with Gasteiger partial charge in [-0.25, -0.2) is 0 Å². The maximum absolute atomic E-state index is 11.3. The molecule has 1 N–H and O–H groups in total. The average molecular weight is 206 g/mol. The summed E-state index contributed by atoms with van der Waals surface area (Å²) >= 11 is 0. The van der Waals surface area contributed by atoms with Crippen LogP contribution in [0.15, 0.2) is 24.3 Å². The molecule has 0 bridgehead atoms. The maximum atomic E-state index is 11.3. The molecule has 1 fully saturated rings. The zero-order chi connectivity index (χ0) is 10.8. The second kappa shape index (κ2) is 3.68. The smallest absolute Gasteiger partial charge is 0.269 e. The van der Waals surface area contributed by atoms with E-state index in [-0.39, 0.29) is 17.5 Å². The Hall–Kier alpha value is -1.91. The van der Waals surface area contributed by atoms with Gasteiger partial charge in [0.1, 0.15) is 0 Å². The zero-order valence-electron chi connectivity index (χ0n) is 7.97. The van der Waals surface area contributed by atoms with Gasteiger partial charge < -0.3 is 5.32 Å². The standard InChI is InChI=1S/C10H10N2O3/c13-10(7-1-2-7)11-8-3-5-9(6-4-8)12(14)15/h3-7H,1-2H2,(H,11,13). The fourth-order valence-corrected chi connectivity index (χ4v) is 1.26. The highest BCUT2D eigenvalue weighted by atomic mass is 16.6. The molecule has 1 aliphatic rings. The van der Waals surface area contributed by atoms with Crippen LogP contribution in [0, 0.1) is 16.0 Å². The second-order valence-corrected chi connectivity index (χ2v) is 3.57. The third-order valence-corrected chi connectivity index (χ3v) is 2.29. The molecule has 0 aromatic heterocycles. The van der Waals surface area contributed by atoms with Crippen molar-refractivity contribution in [3.8, 4) is 0 Å². The van der Waals surface area contributed by atoms with Gasteiger partial charge in [0.05, 0.1) is 4.92 Å². The Labute approximate surface area is 86.2 Å². The van der Waals surface area contributed by atoms with E-state index in [0.29, 0.717) is 5.69 Å². The van der Waals surface area contributed by atoms with Crippen molar-refractivity contribution in [3.63, 3.8) is 0 Å². The van der Waals surface area contributed by atoms with E-state index < -0.39 is 4.92 Å². The minimum absolute atomic E-state index is 0.00357. The van der Waals surface area contributed by atoms with Crippen LogP contribution in [0.4, 0.5) is 11.4 Å². The molecule has 1 aromatic carbocycles. The number of carbonyl (C=O) groups is 1. The average Bonchev–Trinajstić information content (AvgIpc) is 3.01. The van der Waals surface area contributed by atoms with Crippen LogP contribution in [-0.4, -0.2) is 10.8 Å². The minimum Gasteiger partial charge on any atom is -0.326 e. The highest BCUT2D eigenvalue weighted by Gasteiger charge is 2.29. The van der Waals surface area contributed by atoms with Crippen molar-refractivity contribution < 1.29 is 9.72 Å². The number of amides is 1. The highest BCUT2D eigenvalue weighted by Crippen LogP contribution is 2.30. The number of nitro benzene ring substituents is 1. The van der Waals surface area contributed by atoms with Crippen LogP contribution in [-0.2, 0) is 4.79 Å². The number of hydrogen-bond acceptors (Lipinski definition) is 3. The van der Waals surface area contributed by atoms with Gasteiger partial charge in [-0.05, 0) is 25.0 Å². The molecule has 1 aliphatic carbocycles. The second-order valence-electron chi connectivity index (χ2n) is 3.57. The van der Waals surface area contributed by atoms with Gasteiger partial charge in [0, 0.05) is 23.7 Å². The van der Waals surface area contributed by atoms with Crippen LogP contribution in [0.25, 0.3) is 0 Å². The lowest BCUT2D eigenvalue weighted by Crippen LogP contribution is -2.13. The molecule has 0 unspecified atom stereocenters. The van der Waals surface area contributed by atoms with Gasteiger partial charge in [-0.15, -0.1) is 0 Å². The van der Waals surface area contributed by atoms with Crippen molar-refractivity contribution in [1.82, 2.24) is 0 Å². The monoisotopic (exact) mass is 206 g/mol. The van der Waals surface area contributed by atoms with E-state index >= 15 is 0 Å². The third-order valence-electron chi connectivity index (χ3n) is 2.29. The summed E-state index contributed by atoms with van der Waals surface area (Å²) in [6.45, 7) is 0. The molecule has 0 spiro atoms. The number of benzene rings is 1. The van der Waals surface area contributed by atoms with Crippen LogP contribution in [0.3, 0.4) is 0 Å². The molecule has 1 saturated carbocycles. The van der Waals surface area contributed by atoms with E-state index in [1.807, 2.05) is 0 Å². The van der Waals surface area contributed by atoms with E-state index in [1.54, 1.807) is 12.1 Å². The Morgan fingerprint density at radius 3 is 2.40 bits per heavy atom. The summed E-state index contributed by atoms with van der Waals surface area (Å²) in [6, 6.07) is 5.84. The Balaban J connectivity index is 2.03. The first kappa shape index (κ1) is 9.64. The maximum Gasteiger partial charge on any atom is 0.269 e. The zero-order valence-corrected chi connectivity index (χ0v) is 7.97. The Morgan fingerprint density at radius 1 is 1.33 bits per heavy atom. The van der Waals surface area contributed by atoms with Gasteiger partial charge in [-0.2, -0.15) is 0 Å². The molecule has 0 aliphatic heterocycles. The number of non-ortho nitro benzene ring substituents is 1. The molecular weight excluding hydrogens is 196 g/mol. The highest BCUT2D eigenvalue weighted by molar-refractivity contribution is 5.94. The summed E-state index contributed by atoms with van der Waals surface area (Å²) in [5.41, 5.74) is 0.636. The number of rotatable bonds is 3.